The summed E-state index contributed by atoms with van der Waals surface area (Å²) in [6.07, 6.45) is 3.65. The second kappa shape index (κ2) is 5.17. The zero-order chi connectivity index (χ0) is 14.2. The van der Waals surface area contributed by atoms with Gasteiger partial charge in [-0.1, -0.05) is 18.2 Å². The molecule has 1 N–H and O–H groups in total. The maximum absolute atomic E-state index is 13.6. The van der Waals surface area contributed by atoms with Crippen LogP contribution in [-0.4, -0.2) is 35.1 Å². The minimum Gasteiger partial charge on any atom is -0.393 e. The number of hydrogen-bond acceptors (Lipinski definition) is 2. The van der Waals surface area contributed by atoms with Crippen LogP contribution in [0.1, 0.15) is 31.2 Å². The van der Waals surface area contributed by atoms with Gasteiger partial charge in [-0.25, -0.2) is 4.39 Å². The SMILES string of the molecule is O=C(Cc1ccccc1F)N1CCC2(CCC2O)CC1. The first-order valence-electron chi connectivity index (χ1n) is 7.30. The van der Waals surface area contributed by atoms with E-state index in [9.17, 15) is 14.3 Å². The molecule has 2 aliphatic rings. The van der Waals surface area contributed by atoms with Crippen LogP contribution in [0.4, 0.5) is 4.39 Å². The number of benzene rings is 1. The molecule has 4 heteroatoms. The Kier molecular flexibility index (Phi) is 3.50. The van der Waals surface area contributed by atoms with E-state index in [0.29, 0.717) is 18.7 Å². The second-order valence-corrected chi connectivity index (χ2v) is 6.07. The highest BCUT2D eigenvalue weighted by Crippen LogP contribution is 2.49. The van der Waals surface area contributed by atoms with Crippen molar-refractivity contribution in [2.75, 3.05) is 13.1 Å². The van der Waals surface area contributed by atoms with Crippen LogP contribution < -0.4 is 0 Å². The van der Waals surface area contributed by atoms with Gasteiger partial charge in [0.25, 0.3) is 0 Å². The molecule has 0 radical (unpaired) electrons. The molecule has 20 heavy (non-hydrogen) atoms. The number of piperidine rings is 1. The molecule has 1 heterocycles. The lowest BCUT2D eigenvalue weighted by atomic mass is 9.61. The molecule has 1 spiro atoms. The summed E-state index contributed by atoms with van der Waals surface area (Å²) in [6.45, 7) is 1.37. The second-order valence-electron chi connectivity index (χ2n) is 6.07. The lowest BCUT2D eigenvalue weighted by molar-refractivity contribution is -0.140. The molecule has 1 aliphatic heterocycles. The Balaban J connectivity index is 1.58. The van der Waals surface area contributed by atoms with E-state index in [-0.39, 0.29) is 29.7 Å². The zero-order valence-corrected chi connectivity index (χ0v) is 11.5. The molecule has 1 aliphatic carbocycles. The van der Waals surface area contributed by atoms with Crippen molar-refractivity contribution in [3.8, 4) is 0 Å². The fraction of sp³-hybridized carbons (Fsp3) is 0.562. The number of amides is 1. The Morgan fingerprint density at radius 1 is 1.30 bits per heavy atom. The van der Waals surface area contributed by atoms with Crippen LogP contribution in [0.2, 0.25) is 0 Å². The number of halogens is 1. The van der Waals surface area contributed by atoms with Gasteiger partial charge in [-0.3, -0.25) is 4.79 Å². The van der Waals surface area contributed by atoms with E-state index in [2.05, 4.69) is 0 Å². The minimum atomic E-state index is -0.316. The highest BCUT2D eigenvalue weighted by atomic mass is 19.1. The third kappa shape index (κ3) is 2.33. The van der Waals surface area contributed by atoms with E-state index >= 15 is 0 Å². The van der Waals surface area contributed by atoms with Crippen molar-refractivity contribution >= 4 is 5.91 Å². The van der Waals surface area contributed by atoms with Crippen molar-refractivity contribution < 1.29 is 14.3 Å². The quantitative estimate of drug-likeness (QED) is 0.899. The summed E-state index contributed by atoms with van der Waals surface area (Å²) in [5.74, 6) is -0.331. The van der Waals surface area contributed by atoms with Crippen LogP contribution in [0, 0.1) is 11.2 Å². The first-order chi connectivity index (χ1) is 9.61. The van der Waals surface area contributed by atoms with Crippen LogP contribution in [-0.2, 0) is 11.2 Å². The number of nitrogens with zero attached hydrogens (tertiary/aromatic N) is 1. The molecule has 2 fully saturated rings. The van der Waals surface area contributed by atoms with Crippen molar-refractivity contribution in [2.24, 2.45) is 5.41 Å². The molecule has 1 aromatic carbocycles. The van der Waals surface area contributed by atoms with E-state index in [0.717, 1.165) is 25.7 Å². The van der Waals surface area contributed by atoms with Crippen LogP contribution in [0.25, 0.3) is 0 Å². The van der Waals surface area contributed by atoms with Crippen LogP contribution in [0.5, 0.6) is 0 Å². The third-order valence-electron chi connectivity index (χ3n) is 5.03. The molecule has 3 nitrogen and oxygen atoms in total. The molecule has 1 saturated heterocycles. The highest BCUT2D eigenvalue weighted by molar-refractivity contribution is 5.79. The summed E-state index contributed by atoms with van der Waals surface area (Å²) in [5.41, 5.74) is 0.524. The summed E-state index contributed by atoms with van der Waals surface area (Å²) >= 11 is 0. The smallest absolute Gasteiger partial charge is 0.227 e. The third-order valence-corrected chi connectivity index (χ3v) is 5.03. The van der Waals surface area contributed by atoms with Crippen LogP contribution in [0.3, 0.4) is 0 Å². The largest absolute Gasteiger partial charge is 0.393 e. The summed E-state index contributed by atoms with van der Waals surface area (Å²) in [4.78, 5) is 14.0. The minimum absolute atomic E-state index is 0.0150. The maximum Gasteiger partial charge on any atom is 0.227 e. The lowest BCUT2D eigenvalue weighted by Crippen LogP contribution is -2.53. The van der Waals surface area contributed by atoms with Gasteiger partial charge in [0.1, 0.15) is 5.82 Å². The number of carbonyl (C=O) groups is 1. The van der Waals surface area contributed by atoms with Gasteiger partial charge in [0.15, 0.2) is 0 Å². The van der Waals surface area contributed by atoms with Gasteiger partial charge in [-0.05, 0) is 42.7 Å². The molecule has 0 bridgehead atoms. The van der Waals surface area contributed by atoms with E-state index in [1.807, 2.05) is 4.90 Å². The zero-order valence-electron chi connectivity index (χ0n) is 11.5. The van der Waals surface area contributed by atoms with Gasteiger partial charge in [0.05, 0.1) is 12.5 Å². The van der Waals surface area contributed by atoms with E-state index in [1.54, 1.807) is 18.2 Å². The number of aliphatic hydroxyl groups is 1. The van der Waals surface area contributed by atoms with Gasteiger partial charge < -0.3 is 10.0 Å². The Morgan fingerprint density at radius 3 is 2.55 bits per heavy atom. The summed E-state index contributed by atoms with van der Waals surface area (Å²) < 4.78 is 13.6. The average molecular weight is 277 g/mol. The maximum atomic E-state index is 13.6. The van der Waals surface area contributed by atoms with Crippen molar-refractivity contribution in [1.29, 1.82) is 0 Å². The predicted octanol–water partition coefficient (Wildman–Crippen LogP) is 2.13. The fourth-order valence-electron chi connectivity index (χ4n) is 3.38. The Hall–Kier alpha value is -1.42. The van der Waals surface area contributed by atoms with Gasteiger partial charge in [0.2, 0.25) is 5.91 Å². The molecule has 0 aromatic heterocycles. The predicted molar refractivity (Wildman–Crippen MR) is 73.6 cm³/mol. The first-order valence-corrected chi connectivity index (χ1v) is 7.30. The Labute approximate surface area is 118 Å². The van der Waals surface area contributed by atoms with Crippen molar-refractivity contribution in [3.63, 3.8) is 0 Å². The Morgan fingerprint density at radius 2 is 2.00 bits per heavy atom. The number of rotatable bonds is 2. The molecule has 1 amide bonds. The number of aliphatic hydroxyl groups excluding tert-OH is 1. The molecule has 108 valence electrons. The molecule has 1 atom stereocenters. The fourth-order valence-corrected chi connectivity index (χ4v) is 3.38. The molecule has 3 rings (SSSR count). The molecular weight excluding hydrogens is 257 g/mol. The Bertz CT molecular complexity index is 509. The van der Waals surface area contributed by atoms with Gasteiger partial charge in [-0.15, -0.1) is 0 Å². The molecule has 1 saturated carbocycles. The van der Waals surface area contributed by atoms with Crippen molar-refractivity contribution in [1.82, 2.24) is 4.90 Å². The summed E-state index contributed by atoms with van der Waals surface area (Å²) in [7, 11) is 0. The summed E-state index contributed by atoms with van der Waals surface area (Å²) in [6, 6.07) is 6.43. The molecule has 1 unspecified atom stereocenters. The average Bonchev–Trinajstić information content (AvgIpc) is 2.48. The number of likely N-dealkylation sites (tertiary alicyclic amines) is 1. The highest BCUT2D eigenvalue weighted by Gasteiger charge is 2.47. The normalized spacial score (nSPS) is 24.5. The van der Waals surface area contributed by atoms with Crippen molar-refractivity contribution in [3.05, 3.63) is 35.6 Å². The molecular formula is C16H20FNO2. The van der Waals surface area contributed by atoms with Gasteiger partial charge >= 0.3 is 0 Å². The van der Waals surface area contributed by atoms with E-state index in [4.69, 9.17) is 0 Å². The van der Waals surface area contributed by atoms with Crippen LogP contribution >= 0.6 is 0 Å². The van der Waals surface area contributed by atoms with Crippen molar-refractivity contribution in [2.45, 2.75) is 38.2 Å². The van der Waals surface area contributed by atoms with Gasteiger partial charge in [0, 0.05) is 13.1 Å². The topological polar surface area (TPSA) is 40.5 Å². The van der Waals surface area contributed by atoms with Crippen LogP contribution in [0.15, 0.2) is 24.3 Å². The summed E-state index contributed by atoms with van der Waals surface area (Å²) in [5, 5.41) is 9.87. The lowest BCUT2D eigenvalue weighted by Gasteiger charge is -2.51. The molecule has 1 aromatic rings. The standard InChI is InChI=1S/C16H20FNO2/c17-13-4-2-1-3-12(13)11-15(20)18-9-7-16(8-10-18)6-5-14(16)19/h1-4,14,19H,5-11H2. The number of carbonyl (C=O) groups excluding carboxylic acids is 1. The number of hydrogen-bond donors (Lipinski definition) is 1. The van der Waals surface area contributed by atoms with E-state index in [1.165, 1.54) is 6.07 Å². The first kappa shape index (κ1) is 13.6. The monoisotopic (exact) mass is 277 g/mol. The van der Waals surface area contributed by atoms with Gasteiger partial charge in [-0.2, -0.15) is 0 Å². The van der Waals surface area contributed by atoms with E-state index < -0.39 is 0 Å².